The average molecular weight is 451 g/mol. The highest BCUT2D eigenvalue weighted by atomic mass is 32.2. The van der Waals surface area contributed by atoms with Gasteiger partial charge in [-0.3, -0.25) is 15.1 Å². The lowest BCUT2D eigenvalue weighted by Gasteiger charge is -2.30. The molecule has 0 N–H and O–H groups in total. The van der Waals surface area contributed by atoms with Crippen LogP contribution in [-0.4, -0.2) is 38.9 Å². The van der Waals surface area contributed by atoms with Gasteiger partial charge >= 0.3 is 0 Å². The van der Waals surface area contributed by atoms with E-state index < -0.39 is 4.92 Å². The molecule has 0 spiro atoms. The molecule has 1 fully saturated rings. The summed E-state index contributed by atoms with van der Waals surface area (Å²) in [5, 5.41) is 12.2. The third-order valence-corrected chi connectivity index (χ3v) is 7.03. The van der Waals surface area contributed by atoms with Crippen molar-refractivity contribution in [1.29, 1.82) is 0 Å². The lowest BCUT2D eigenvalue weighted by Crippen LogP contribution is -2.35. The Hall–Kier alpha value is -3.33. The smallest absolute Gasteiger partial charge is 0.273 e. The predicted molar refractivity (Wildman–Crippen MR) is 123 cm³/mol. The largest absolute Gasteiger partial charge is 0.496 e. The number of nitrogens with zero attached hydrogens (tertiary/aromatic N) is 4. The van der Waals surface area contributed by atoms with Gasteiger partial charge in [0.1, 0.15) is 29.4 Å². The number of rotatable bonds is 6. The molecule has 0 aliphatic carbocycles. The number of pyridine rings is 1. The number of hydrogen-bond donors (Lipinski definition) is 0. The first-order valence-corrected chi connectivity index (χ1v) is 11.4. The van der Waals surface area contributed by atoms with Gasteiger partial charge in [0.25, 0.3) is 5.69 Å². The van der Waals surface area contributed by atoms with Gasteiger partial charge in [0.05, 0.1) is 29.4 Å². The van der Waals surface area contributed by atoms with Crippen LogP contribution in [0.2, 0.25) is 0 Å². The molecular formula is C23H22N4O4S. The van der Waals surface area contributed by atoms with E-state index in [9.17, 15) is 10.1 Å². The third kappa shape index (κ3) is 3.42. The van der Waals surface area contributed by atoms with Gasteiger partial charge in [-0.15, -0.1) is 0 Å². The molecule has 0 bridgehead atoms. The number of amidine groups is 1. The Bertz CT molecular complexity index is 1180. The van der Waals surface area contributed by atoms with E-state index in [1.165, 1.54) is 19.2 Å². The molecule has 2 aliphatic rings. The predicted octanol–water partition coefficient (Wildman–Crippen LogP) is 5.24. The van der Waals surface area contributed by atoms with Crippen LogP contribution in [0.15, 0.2) is 64.1 Å². The molecule has 0 radical (unpaired) electrons. The van der Waals surface area contributed by atoms with Gasteiger partial charge in [0.15, 0.2) is 5.17 Å². The van der Waals surface area contributed by atoms with E-state index in [1.54, 1.807) is 24.0 Å². The van der Waals surface area contributed by atoms with Crippen molar-refractivity contribution in [3.63, 3.8) is 0 Å². The standard InChI is InChI=1S/C23H22N4O4S/c1-3-14-13-32-23-25-21(17-6-4-5-11-24-17)22(26(14)23)19-10-9-18(31-19)16-8-7-15(27(28)29)12-20(16)30-2/h4-12,14,21-22H,3,13H2,1-2H3/t14-,21+,22-/m1/s1. The van der Waals surface area contributed by atoms with E-state index in [0.717, 1.165) is 28.8 Å². The molecule has 164 valence electrons. The summed E-state index contributed by atoms with van der Waals surface area (Å²) in [5.74, 6) is 2.79. The summed E-state index contributed by atoms with van der Waals surface area (Å²) in [7, 11) is 1.49. The van der Waals surface area contributed by atoms with E-state index in [4.69, 9.17) is 14.1 Å². The minimum Gasteiger partial charge on any atom is -0.496 e. The molecule has 0 amide bonds. The number of benzene rings is 1. The van der Waals surface area contributed by atoms with Crippen molar-refractivity contribution in [2.24, 2.45) is 4.99 Å². The molecule has 2 aliphatic heterocycles. The van der Waals surface area contributed by atoms with Gasteiger partial charge in [-0.05, 0) is 36.8 Å². The first kappa shape index (κ1) is 20.6. The molecule has 5 rings (SSSR count). The first-order chi connectivity index (χ1) is 15.6. The number of thioether (sulfide) groups is 1. The molecule has 9 heteroatoms. The molecule has 2 aromatic heterocycles. The maximum Gasteiger partial charge on any atom is 0.273 e. The topological polar surface area (TPSA) is 94.0 Å². The number of furan rings is 1. The third-order valence-electron chi connectivity index (χ3n) is 5.91. The van der Waals surface area contributed by atoms with Crippen LogP contribution >= 0.6 is 11.8 Å². The van der Waals surface area contributed by atoms with Crippen LogP contribution in [0, 0.1) is 10.1 Å². The van der Waals surface area contributed by atoms with Gasteiger partial charge in [-0.25, -0.2) is 4.99 Å². The summed E-state index contributed by atoms with van der Waals surface area (Å²) >= 11 is 1.78. The second-order valence-electron chi connectivity index (χ2n) is 7.68. The Morgan fingerprint density at radius 1 is 1.28 bits per heavy atom. The molecule has 8 nitrogen and oxygen atoms in total. The van der Waals surface area contributed by atoms with Crippen molar-refractivity contribution < 1.29 is 14.1 Å². The monoisotopic (exact) mass is 450 g/mol. The molecule has 1 saturated heterocycles. The highest BCUT2D eigenvalue weighted by Crippen LogP contribution is 2.49. The van der Waals surface area contributed by atoms with Gasteiger partial charge < -0.3 is 14.1 Å². The van der Waals surface area contributed by atoms with Crippen LogP contribution in [0.5, 0.6) is 5.75 Å². The summed E-state index contributed by atoms with van der Waals surface area (Å²) in [6.07, 6.45) is 2.80. The second kappa shape index (κ2) is 8.31. The van der Waals surface area contributed by atoms with Gasteiger partial charge in [0.2, 0.25) is 0 Å². The number of aromatic nitrogens is 1. The Balaban J connectivity index is 1.55. The van der Waals surface area contributed by atoms with Crippen molar-refractivity contribution >= 4 is 22.6 Å². The molecule has 3 aromatic rings. The number of non-ortho nitro benzene ring substituents is 1. The Kier molecular flexibility index (Phi) is 5.34. The second-order valence-corrected chi connectivity index (χ2v) is 8.67. The van der Waals surface area contributed by atoms with E-state index in [-0.39, 0.29) is 17.8 Å². The van der Waals surface area contributed by atoms with E-state index >= 15 is 0 Å². The van der Waals surface area contributed by atoms with Crippen LogP contribution in [-0.2, 0) is 0 Å². The zero-order valence-corrected chi connectivity index (χ0v) is 18.5. The molecule has 3 atom stereocenters. The maximum absolute atomic E-state index is 11.1. The number of fused-ring (bicyclic) bond motifs is 1. The average Bonchev–Trinajstić information content (AvgIpc) is 3.54. The van der Waals surface area contributed by atoms with E-state index in [0.29, 0.717) is 23.1 Å². The van der Waals surface area contributed by atoms with Crippen molar-refractivity contribution in [1.82, 2.24) is 9.88 Å². The number of ether oxygens (including phenoxy) is 1. The van der Waals surface area contributed by atoms with E-state index in [2.05, 4.69) is 16.8 Å². The lowest BCUT2D eigenvalue weighted by molar-refractivity contribution is -0.384. The highest BCUT2D eigenvalue weighted by Gasteiger charge is 2.47. The maximum atomic E-state index is 11.1. The number of nitro benzene ring substituents is 1. The van der Waals surface area contributed by atoms with Gasteiger partial charge in [-0.2, -0.15) is 0 Å². The molecule has 32 heavy (non-hydrogen) atoms. The van der Waals surface area contributed by atoms with Crippen LogP contribution in [0.25, 0.3) is 11.3 Å². The summed E-state index contributed by atoms with van der Waals surface area (Å²) in [4.78, 5) is 22.6. The van der Waals surface area contributed by atoms with Crippen LogP contribution in [0.1, 0.15) is 36.9 Å². The highest BCUT2D eigenvalue weighted by molar-refractivity contribution is 8.14. The van der Waals surface area contributed by atoms with Crippen molar-refractivity contribution in [3.05, 3.63) is 76.3 Å². The number of nitro groups is 1. The minimum absolute atomic E-state index is 0.0266. The molecule has 4 heterocycles. The van der Waals surface area contributed by atoms with Crippen LogP contribution < -0.4 is 4.74 Å². The van der Waals surface area contributed by atoms with Crippen LogP contribution in [0.4, 0.5) is 5.69 Å². The summed E-state index contributed by atoms with van der Waals surface area (Å²) < 4.78 is 11.8. The van der Waals surface area contributed by atoms with Crippen LogP contribution in [0.3, 0.4) is 0 Å². The summed E-state index contributed by atoms with van der Waals surface area (Å²) in [6.45, 7) is 2.19. The molecule has 0 saturated carbocycles. The molecular weight excluding hydrogens is 428 g/mol. The summed E-state index contributed by atoms with van der Waals surface area (Å²) in [5.41, 5.74) is 1.54. The number of aliphatic imine (C=N–C) groups is 1. The fraction of sp³-hybridized carbons (Fsp3) is 0.304. The van der Waals surface area contributed by atoms with E-state index in [1.807, 2.05) is 30.3 Å². The van der Waals surface area contributed by atoms with Crippen molar-refractivity contribution in [2.75, 3.05) is 12.9 Å². The van der Waals surface area contributed by atoms with Crippen molar-refractivity contribution in [2.45, 2.75) is 31.5 Å². The van der Waals surface area contributed by atoms with Gasteiger partial charge in [0, 0.05) is 24.1 Å². The number of hydrogen-bond acceptors (Lipinski definition) is 8. The zero-order valence-electron chi connectivity index (χ0n) is 17.7. The molecule has 0 unspecified atom stereocenters. The minimum atomic E-state index is -0.440. The summed E-state index contributed by atoms with van der Waals surface area (Å²) in [6, 6.07) is 14.4. The Labute approximate surface area is 189 Å². The molecule has 1 aromatic carbocycles. The Morgan fingerprint density at radius 3 is 2.88 bits per heavy atom. The fourth-order valence-electron chi connectivity index (χ4n) is 4.31. The number of methoxy groups -OCH3 is 1. The van der Waals surface area contributed by atoms with Gasteiger partial charge in [-0.1, -0.05) is 24.8 Å². The first-order valence-electron chi connectivity index (χ1n) is 10.4. The quantitative estimate of drug-likeness (QED) is 0.374. The SMILES string of the molecule is CC[C@@H]1CSC2=N[C@@H](c3ccccn3)[C@@H](c3ccc(-c4ccc([N+](=O)[O-])cc4OC)o3)N21. The fourth-order valence-corrected chi connectivity index (χ4v) is 5.65. The Morgan fingerprint density at radius 2 is 2.16 bits per heavy atom. The lowest BCUT2D eigenvalue weighted by atomic mass is 10.0. The van der Waals surface area contributed by atoms with Crippen molar-refractivity contribution in [3.8, 4) is 17.1 Å². The zero-order chi connectivity index (χ0) is 22.2. The normalized spacial score (nSPS) is 22.0.